The van der Waals surface area contributed by atoms with Gasteiger partial charge in [0.15, 0.2) is 9.84 Å². The molecule has 0 amide bonds. The van der Waals surface area contributed by atoms with Crippen LogP contribution in [0.1, 0.15) is 29.7 Å². The van der Waals surface area contributed by atoms with Gasteiger partial charge in [-0.25, -0.2) is 8.42 Å². The summed E-state index contributed by atoms with van der Waals surface area (Å²) < 4.78 is 23.9. The molecule has 1 aliphatic carbocycles. The number of rotatable bonds is 4. The van der Waals surface area contributed by atoms with Crippen molar-refractivity contribution in [3.8, 4) is 0 Å². The molecule has 2 aromatic rings. The molecule has 0 heterocycles. The van der Waals surface area contributed by atoms with E-state index in [4.69, 9.17) is 0 Å². The molecule has 0 aromatic heterocycles. The third-order valence-corrected chi connectivity index (χ3v) is 6.32. The summed E-state index contributed by atoms with van der Waals surface area (Å²) in [5.41, 5.74) is 3.84. The predicted molar refractivity (Wildman–Crippen MR) is 87.5 cm³/mol. The van der Waals surface area contributed by atoms with Crippen molar-refractivity contribution in [2.24, 2.45) is 0 Å². The topological polar surface area (TPSA) is 46.2 Å². The van der Waals surface area contributed by atoms with Gasteiger partial charge in [-0.15, -0.1) is 0 Å². The summed E-state index contributed by atoms with van der Waals surface area (Å²) in [5, 5.41) is 5.26. The largest absolute Gasteiger partial charge is 0.312 e. The first-order chi connectivity index (χ1) is 9.93. The lowest BCUT2D eigenvalue weighted by Crippen LogP contribution is -2.33. The fourth-order valence-electron chi connectivity index (χ4n) is 3.43. The molecule has 2 atom stereocenters. The fraction of sp³-hybridized carbons (Fsp3) is 0.412. The van der Waals surface area contributed by atoms with Crippen LogP contribution in [0.4, 0.5) is 0 Å². The SMILES string of the molecule is CNC(c1ccc2c3c(cccc13)CC2)C(C)S(C)(=O)=O. The Bertz CT molecular complexity index is 786. The van der Waals surface area contributed by atoms with Crippen LogP contribution in [0.2, 0.25) is 0 Å². The van der Waals surface area contributed by atoms with Gasteiger partial charge in [0.25, 0.3) is 0 Å². The minimum atomic E-state index is -3.10. The molecule has 1 aliphatic rings. The summed E-state index contributed by atoms with van der Waals surface area (Å²) >= 11 is 0. The van der Waals surface area contributed by atoms with Gasteiger partial charge in [-0.2, -0.15) is 0 Å². The Morgan fingerprint density at radius 1 is 1.10 bits per heavy atom. The van der Waals surface area contributed by atoms with E-state index < -0.39 is 15.1 Å². The maximum atomic E-state index is 11.9. The molecule has 2 aromatic carbocycles. The maximum absolute atomic E-state index is 11.9. The van der Waals surface area contributed by atoms with Crippen molar-refractivity contribution in [1.29, 1.82) is 0 Å². The monoisotopic (exact) mass is 303 g/mol. The lowest BCUT2D eigenvalue weighted by Gasteiger charge is -2.24. The van der Waals surface area contributed by atoms with E-state index in [9.17, 15) is 8.42 Å². The Morgan fingerprint density at radius 3 is 2.38 bits per heavy atom. The predicted octanol–water partition coefficient (Wildman–Crippen LogP) is 2.63. The van der Waals surface area contributed by atoms with Gasteiger partial charge < -0.3 is 5.32 Å². The van der Waals surface area contributed by atoms with E-state index in [1.54, 1.807) is 6.92 Å². The summed E-state index contributed by atoms with van der Waals surface area (Å²) in [7, 11) is -1.27. The van der Waals surface area contributed by atoms with Crippen LogP contribution >= 0.6 is 0 Å². The van der Waals surface area contributed by atoms with Crippen LogP contribution in [-0.2, 0) is 22.7 Å². The molecule has 0 aliphatic heterocycles. The van der Waals surface area contributed by atoms with Crippen LogP contribution in [-0.4, -0.2) is 27.0 Å². The van der Waals surface area contributed by atoms with E-state index in [2.05, 4.69) is 35.6 Å². The molecule has 0 fully saturated rings. The second-order valence-corrected chi connectivity index (χ2v) is 8.36. The second kappa shape index (κ2) is 5.11. The van der Waals surface area contributed by atoms with Gasteiger partial charge in [0, 0.05) is 12.3 Å². The van der Waals surface area contributed by atoms with E-state index in [-0.39, 0.29) is 6.04 Å². The van der Waals surface area contributed by atoms with E-state index >= 15 is 0 Å². The first-order valence-corrected chi connectivity index (χ1v) is 9.28. The molecule has 2 unspecified atom stereocenters. The van der Waals surface area contributed by atoms with Gasteiger partial charge in [-0.3, -0.25) is 0 Å². The Kier molecular flexibility index (Phi) is 3.54. The van der Waals surface area contributed by atoms with Gasteiger partial charge in [-0.05, 0) is 54.3 Å². The van der Waals surface area contributed by atoms with Gasteiger partial charge in [-0.1, -0.05) is 30.3 Å². The molecule has 4 heteroatoms. The quantitative estimate of drug-likeness (QED) is 0.944. The van der Waals surface area contributed by atoms with Crippen molar-refractivity contribution < 1.29 is 8.42 Å². The van der Waals surface area contributed by atoms with Crippen LogP contribution in [0.5, 0.6) is 0 Å². The lowest BCUT2D eigenvalue weighted by atomic mass is 9.94. The van der Waals surface area contributed by atoms with Crippen molar-refractivity contribution in [2.75, 3.05) is 13.3 Å². The van der Waals surface area contributed by atoms with Crippen LogP contribution < -0.4 is 5.32 Å². The zero-order valence-corrected chi connectivity index (χ0v) is 13.5. The first-order valence-electron chi connectivity index (χ1n) is 7.33. The molecule has 3 rings (SSSR count). The normalized spacial score (nSPS) is 17.1. The Balaban J connectivity index is 2.21. The Hall–Kier alpha value is -1.39. The van der Waals surface area contributed by atoms with Crippen molar-refractivity contribution >= 4 is 20.6 Å². The standard InChI is InChI=1S/C17H21NO2S/c1-11(21(3,19)20)17(18-2)15-10-9-13-8-7-12-5-4-6-14(15)16(12)13/h4-6,9-11,17-18H,7-8H2,1-3H3. The van der Waals surface area contributed by atoms with Crippen molar-refractivity contribution in [2.45, 2.75) is 31.1 Å². The van der Waals surface area contributed by atoms with E-state index in [0.29, 0.717) is 0 Å². The minimum absolute atomic E-state index is 0.190. The van der Waals surface area contributed by atoms with E-state index in [1.165, 1.54) is 28.2 Å². The molecule has 0 radical (unpaired) electrons. The average Bonchev–Trinajstić information content (AvgIpc) is 2.86. The number of hydrogen-bond donors (Lipinski definition) is 1. The van der Waals surface area contributed by atoms with Crippen LogP contribution in [0.25, 0.3) is 10.8 Å². The van der Waals surface area contributed by atoms with Crippen molar-refractivity contribution in [3.63, 3.8) is 0 Å². The van der Waals surface area contributed by atoms with Gasteiger partial charge in [0.1, 0.15) is 0 Å². The van der Waals surface area contributed by atoms with Gasteiger partial charge in [0.05, 0.1) is 5.25 Å². The molecule has 3 nitrogen and oxygen atoms in total. The Labute approximate surface area is 126 Å². The second-order valence-electron chi connectivity index (χ2n) is 5.95. The summed E-state index contributed by atoms with van der Waals surface area (Å²) in [6.07, 6.45) is 3.48. The van der Waals surface area contributed by atoms with Gasteiger partial charge in [0.2, 0.25) is 0 Å². The third-order valence-electron chi connectivity index (χ3n) is 4.70. The van der Waals surface area contributed by atoms with Gasteiger partial charge >= 0.3 is 0 Å². The molecule has 0 spiro atoms. The highest BCUT2D eigenvalue weighted by molar-refractivity contribution is 7.91. The molecule has 1 N–H and O–H groups in total. The van der Waals surface area contributed by atoms with Crippen LogP contribution in [0.3, 0.4) is 0 Å². The number of sulfone groups is 1. The van der Waals surface area contributed by atoms with Crippen LogP contribution in [0.15, 0.2) is 30.3 Å². The van der Waals surface area contributed by atoms with Crippen molar-refractivity contribution in [1.82, 2.24) is 5.32 Å². The average molecular weight is 303 g/mol. The van der Waals surface area contributed by atoms with Crippen LogP contribution in [0, 0.1) is 0 Å². The number of benzene rings is 2. The van der Waals surface area contributed by atoms with Crippen molar-refractivity contribution in [3.05, 3.63) is 47.0 Å². The lowest BCUT2D eigenvalue weighted by molar-refractivity contribution is 0.537. The molecule has 0 saturated carbocycles. The maximum Gasteiger partial charge on any atom is 0.151 e. The molecular weight excluding hydrogens is 282 g/mol. The Morgan fingerprint density at radius 2 is 1.76 bits per heavy atom. The van der Waals surface area contributed by atoms with E-state index in [0.717, 1.165) is 18.4 Å². The first kappa shape index (κ1) is 14.5. The molecular formula is C17H21NO2S. The highest BCUT2D eigenvalue weighted by Gasteiger charge is 2.28. The number of nitrogens with one attached hydrogen (secondary N) is 1. The third kappa shape index (κ3) is 2.36. The van der Waals surface area contributed by atoms with E-state index in [1.807, 2.05) is 7.05 Å². The number of aryl methyl sites for hydroxylation is 2. The highest BCUT2D eigenvalue weighted by atomic mass is 32.2. The molecule has 0 saturated heterocycles. The molecule has 21 heavy (non-hydrogen) atoms. The minimum Gasteiger partial charge on any atom is -0.312 e. The smallest absolute Gasteiger partial charge is 0.151 e. The summed E-state index contributed by atoms with van der Waals surface area (Å²) in [6, 6.07) is 10.4. The summed E-state index contributed by atoms with van der Waals surface area (Å²) in [6.45, 7) is 1.78. The number of hydrogen-bond acceptors (Lipinski definition) is 3. The highest BCUT2D eigenvalue weighted by Crippen LogP contribution is 2.36. The zero-order chi connectivity index (χ0) is 15.2. The molecule has 0 bridgehead atoms. The zero-order valence-electron chi connectivity index (χ0n) is 12.7. The summed E-state index contributed by atoms with van der Waals surface area (Å²) in [4.78, 5) is 0. The molecule has 112 valence electrons. The summed E-state index contributed by atoms with van der Waals surface area (Å²) in [5.74, 6) is 0. The fourth-order valence-corrected chi connectivity index (χ4v) is 4.21.